The van der Waals surface area contributed by atoms with Crippen LogP contribution >= 0.6 is 11.8 Å². The number of benzene rings is 1. The summed E-state index contributed by atoms with van der Waals surface area (Å²) in [6.45, 7) is 3.56. The van der Waals surface area contributed by atoms with E-state index in [0.29, 0.717) is 13.0 Å². The summed E-state index contributed by atoms with van der Waals surface area (Å²) < 4.78 is 0. The van der Waals surface area contributed by atoms with Gasteiger partial charge in [0.25, 0.3) is 0 Å². The van der Waals surface area contributed by atoms with Crippen molar-refractivity contribution in [2.24, 2.45) is 0 Å². The Kier molecular flexibility index (Phi) is 11.0. The maximum Gasteiger partial charge on any atom is 0.327 e. The lowest BCUT2D eigenvalue weighted by Gasteiger charge is -2.13. The quantitative estimate of drug-likeness (QED) is 0.638. The van der Waals surface area contributed by atoms with E-state index in [4.69, 9.17) is 10.2 Å². The van der Waals surface area contributed by atoms with Gasteiger partial charge in [-0.3, -0.25) is 4.79 Å². The number of carbonyl (C=O) groups is 2. The molecule has 1 aromatic rings. The lowest BCUT2D eigenvalue weighted by atomic mass is 10.2. The van der Waals surface area contributed by atoms with Gasteiger partial charge in [-0.2, -0.15) is 11.8 Å². The van der Waals surface area contributed by atoms with E-state index in [1.807, 2.05) is 36.6 Å². The Morgan fingerprint density at radius 2 is 1.90 bits per heavy atom. The van der Waals surface area contributed by atoms with Crippen LogP contribution in [0.15, 0.2) is 43.0 Å². The lowest BCUT2D eigenvalue weighted by molar-refractivity contribution is -0.139. The zero-order chi connectivity index (χ0) is 16.1. The summed E-state index contributed by atoms with van der Waals surface area (Å²) in [5.74, 6) is -0.895. The molecule has 0 aliphatic rings. The Hall–Kier alpha value is -1.79. The number of rotatable bonds is 8. The van der Waals surface area contributed by atoms with Crippen molar-refractivity contribution < 1.29 is 19.8 Å². The van der Waals surface area contributed by atoms with Crippen LogP contribution in [-0.4, -0.2) is 40.2 Å². The van der Waals surface area contributed by atoms with Gasteiger partial charge in [-0.25, -0.2) is 4.79 Å². The molecule has 0 bridgehead atoms. The molecule has 116 valence electrons. The first-order valence-electron chi connectivity index (χ1n) is 6.35. The molecule has 0 spiro atoms. The molecule has 21 heavy (non-hydrogen) atoms. The van der Waals surface area contributed by atoms with E-state index in [0.717, 1.165) is 17.4 Å². The molecular formula is C15H21NO4S. The summed E-state index contributed by atoms with van der Waals surface area (Å²) in [6, 6.07) is 9.38. The standard InChI is InChI=1S/C12H17NO2S.C3H4O2/c1-16-8-7-11(12(14)15)13-9-10-5-3-2-4-6-10;1-2-3(4)5/h2-6,11,13H,7-9H2,1H3,(H,14,15);2H,1H2,(H,4,5)/t11-;/m0./s1. The lowest BCUT2D eigenvalue weighted by Crippen LogP contribution is -2.36. The van der Waals surface area contributed by atoms with Crippen LogP contribution in [0, 0.1) is 0 Å². The Labute approximate surface area is 129 Å². The average molecular weight is 311 g/mol. The number of hydrogen-bond donors (Lipinski definition) is 3. The summed E-state index contributed by atoms with van der Waals surface area (Å²) in [5.41, 5.74) is 1.11. The third-order valence-electron chi connectivity index (χ3n) is 2.48. The summed E-state index contributed by atoms with van der Waals surface area (Å²) in [7, 11) is 0. The van der Waals surface area contributed by atoms with Crippen molar-refractivity contribution in [3.05, 3.63) is 48.6 Å². The van der Waals surface area contributed by atoms with E-state index in [-0.39, 0.29) is 0 Å². The van der Waals surface area contributed by atoms with Gasteiger partial charge in [0.05, 0.1) is 0 Å². The van der Waals surface area contributed by atoms with E-state index in [1.165, 1.54) is 0 Å². The van der Waals surface area contributed by atoms with Crippen molar-refractivity contribution in [2.75, 3.05) is 12.0 Å². The van der Waals surface area contributed by atoms with Crippen molar-refractivity contribution in [3.8, 4) is 0 Å². The minimum Gasteiger partial charge on any atom is -0.480 e. The number of thioether (sulfide) groups is 1. The van der Waals surface area contributed by atoms with Gasteiger partial charge in [-0.1, -0.05) is 36.9 Å². The third kappa shape index (κ3) is 10.6. The number of aliphatic carboxylic acids is 2. The monoisotopic (exact) mass is 311 g/mol. The molecule has 0 saturated carbocycles. The van der Waals surface area contributed by atoms with Gasteiger partial charge >= 0.3 is 11.9 Å². The largest absolute Gasteiger partial charge is 0.480 e. The molecule has 1 atom stereocenters. The molecule has 5 nitrogen and oxygen atoms in total. The molecule has 1 aromatic carbocycles. The van der Waals surface area contributed by atoms with Crippen LogP contribution in [-0.2, 0) is 16.1 Å². The van der Waals surface area contributed by atoms with Crippen molar-refractivity contribution in [2.45, 2.75) is 19.0 Å². The Morgan fingerprint density at radius 1 is 1.33 bits per heavy atom. The molecule has 6 heteroatoms. The number of carboxylic acid groups (broad SMARTS) is 2. The maximum absolute atomic E-state index is 11.0. The Balaban J connectivity index is 0.000000690. The second kappa shape index (κ2) is 12.0. The van der Waals surface area contributed by atoms with Gasteiger partial charge in [0, 0.05) is 12.6 Å². The summed E-state index contributed by atoms with van der Waals surface area (Å²) in [4.78, 5) is 20.2. The van der Waals surface area contributed by atoms with Crippen LogP contribution in [0.4, 0.5) is 0 Å². The number of hydrogen-bond acceptors (Lipinski definition) is 4. The van der Waals surface area contributed by atoms with Gasteiger partial charge in [-0.05, 0) is 24.0 Å². The van der Waals surface area contributed by atoms with E-state index in [9.17, 15) is 9.59 Å². The van der Waals surface area contributed by atoms with Crippen LogP contribution < -0.4 is 5.32 Å². The van der Waals surface area contributed by atoms with Gasteiger partial charge in [0.1, 0.15) is 6.04 Å². The highest BCUT2D eigenvalue weighted by atomic mass is 32.2. The van der Waals surface area contributed by atoms with Crippen molar-refractivity contribution in [3.63, 3.8) is 0 Å². The second-order valence-corrected chi connectivity index (χ2v) is 5.07. The molecule has 0 aliphatic carbocycles. The zero-order valence-corrected chi connectivity index (χ0v) is 12.8. The first kappa shape index (κ1) is 19.2. The van der Waals surface area contributed by atoms with Crippen LogP contribution in [0.1, 0.15) is 12.0 Å². The van der Waals surface area contributed by atoms with Gasteiger partial charge in [0.2, 0.25) is 0 Å². The highest BCUT2D eigenvalue weighted by Gasteiger charge is 2.15. The highest BCUT2D eigenvalue weighted by molar-refractivity contribution is 7.98. The average Bonchev–Trinajstić information content (AvgIpc) is 2.48. The fraction of sp³-hybridized carbons (Fsp3) is 0.333. The zero-order valence-electron chi connectivity index (χ0n) is 12.0. The molecule has 0 unspecified atom stereocenters. The van der Waals surface area contributed by atoms with Crippen molar-refractivity contribution >= 4 is 23.7 Å². The Morgan fingerprint density at radius 3 is 2.33 bits per heavy atom. The molecule has 3 N–H and O–H groups in total. The van der Waals surface area contributed by atoms with Crippen LogP contribution in [0.5, 0.6) is 0 Å². The summed E-state index contributed by atoms with van der Waals surface area (Å²) in [5, 5.41) is 19.7. The fourth-order valence-electron chi connectivity index (χ4n) is 1.39. The minimum atomic E-state index is -0.981. The van der Waals surface area contributed by atoms with Gasteiger partial charge in [-0.15, -0.1) is 0 Å². The minimum absolute atomic E-state index is 0.451. The molecule has 0 aromatic heterocycles. The molecule has 0 fully saturated rings. The predicted octanol–water partition coefficient (Wildman–Crippen LogP) is 2.24. The van der Waals surface area contributed by atoms with Crippen LogP contribution in [0.3, 0.4) is 0 Å². The second-order valence-electron chi connectivity index (χ2n) is 4.08. The fourth-order valence-corrected chi connectivity index (χ4v) is 1.86. The normalized spacial score (nSPS) is 10.9. The highest BCUT2D eigenvalue weighted by Crippen LogP contribution is 2.03. The van der Waals surface area contributed by atoms with Crippen LogP contribution in [0.2, 0.25) is 0 Å². The van der Waals surface area contributed by atoms with Crippen molar-refractivity contribution in [1.29, 1.82) is 0 Å². The van der Waals surface area contributed by atoms with E-state index in [1.54, 1.807) is 11.8 Å². The molecule has 1 rings (SSSR count). The van der Waals surface area contributed by atoms with Crippen LogP contribution in [0.25, 0.3) is 0 Å². The number of nitrogens with one attached hydrogen (secondary N) is 1. The molecule has 0 heterocycles. The summed E-state index contributed by atoms with van der Waals surface area (Å²) in [6.07, 6.45) is 3.47. The first-order valence-corrected chi connectivity index (χ1v) is 7.75. The third-order valence-corrected chi connectivity index (χ3v) is 3.12. The number of carboxylic acids is 2. The molecule has 0 saturated heterocycles. The van der Waals surface area contributed by atoms with E-state index in [2.05, 4.69) is 11.9 Å². The smallest absolute Gasteiger partial charge is 0.327 e. The van der Waals surface area contributed by atoms with E-state index < -0.39 is 18.0 Å². The topological polar surface area (TPSA) is 86.6 Å². The van der Waals surface area contributed by atoms with Gasteiger partial charge in [0.15, 0.2) is 0 Å². The van der Waals surface area contributed by atoms with Gasteiger partial charge < -0.3 is 15.5 Å². The molecule has 0 aliphatic heterocycles. The van der Waals surface area contributed by atoms with E-state index >= 15 is 0 Å². The Bertz CT molecular complexity index is 437. The molecule has 0 radical (unpaired) electrons. The van der Waals surface area contributed by atoms with Crippen molar-refractivity contribution in [1.82, 2.24) is 5.32 Å². The first-order chi connectivity index (χ1) is 10.0. The molecular weight excluding hydrogens is 290 g/mol. The SMILES string of the molecule is C=CC(=O)O.CSCC[C@H](NCc1ccccc1)C(=O)O. The predicted molar refractivity (Wildman–Crippen MR) is 85.5 cm³/mol. The molecule has 0 amide bonds. The summed E-state index contributed by atoms with van der Waals surface area (Å²) >= 11 is 1.67. The maximum atomic E-state index is 11.0.